The van der Waals surface area contributed by atoms with E-state index in [4.69, 9.17) is 11.1 Å². The van der Waals surface area contributed by atoms with Crippen LogP contribution >= 0.6 is 0 Å². The van der Waals surface area contributed by atoms with Crippen LogP contribution < -0.4 is 5.73 Å². The molecule has 1 aliphatic rings. The molecule has 2 heterocycles. The molecule has 1 saturated heterocycles. The van der Waals surface area contributed by atoms with Gasteiger partial charge < -0.3 is 5.73 Å². The van der Waals surface area contributed by atoms with E-state index in [2.05, 4.69) is 16.0 Å². The van der Waals surface area contributed by atoms with Crippen molar-refractivity contribution in [2.45, 2.75) is 19.4 Å². The zero-order valence-electron chi connectivity index (χ0n) is 9.39. The van der Waals surface area contributed by atoms with Gasteiger partial charge in [-0.3, -0.25) is 15.3 Å². The first-order chi connectivity index (χ1) is 7.75. The van der Waals surface area contributed by atoms with Crippen LogP contribution in [0, 0.1) is 11.3 Å². The number of rotatable bonds is 3. The Bertz CT molecular complexity index is 341. The quantitative estimate of drug-likeness (QED) is 0.592. The minimum Gasteiger partial charge on any atom is -0.387 e. The van der Waals surface area contributed by atoms with Gasteiger partial charge in [0.05, 0.1) is 11.5 Å². The van der Waals surface area contributed by atoms with Gasteiger partial charge in [-0.2, -0.15) is 0 Å². The minimum atomic E-state index is 0.292. The van der Waals surface area contributed by atoms with Crippen LogP contribution in [0.25, 0.3) is 0 Å². The van der Waals surface area contributed by atoms with Crippen LogP contribution in [0.3, 0.4) is 0 Å². The third-order valence-corrected chi connectivity index (χ3v) is 3.14. The molecule has 3 N–H and O–H groups in total. The average molecular weight is 218 g/mol. The fourth-order valence-corrected chi connectivity index (χ4v) is 2.12. The molecule has 0 aromatic carbocycles. The number of nitrogens with two attached hydrogens (primary N) is 1. The van der Waals surface area contributed by atoms with Gasteiger partial charge in [0.2, 0.25) is 0 Å². The van der Waals surface area contributed by atoms with Gasteiger partial charge in [-0.1, -0.05) is 6.07 Å². The fraction of sp³-hybridized carbons (Fsp3) is 0.500. The first-order valence-corrected chi connectivity index (χ1v) is 5.72. The molecule has 16 heavy (non-hydrogen) atoms. The molecule has 0 saturated carbocycles. The van der Waals surface area contributed by atoms with Crippen molar-refractivity contribution in [3.05, 3.63) is 30.1 Å². The number of amidine groups is 1. The lowest BCUT2D eigenvalue weighted by molar-refractivity contribution is 0.199. The molecule has 4 heteroatoms. The first kappa shape index (κ1) is 11.1. The van der Waals surface area contributed by atoms with Crippen molar-refractivity contribution in [3.63, 3.8) is 0 Å². The van der Waals surface area contributed by atoms with E-state index in [9.17, 15) is 0 Å². The molecular weight excluding hydrogens is 200 g/mol. The number of piperidine rings is 1. The van der Waals surface area contributed by atoms with Gasteiger partial charge in [-0.05, 0) is 38.1 Å². The summed E-state index contributed by atoms with van der Waals surface area (Å²) in [4.78, 5) is 6.70. The Morgan fingerprint density at radius 1 is 1.44 bits per heavy atom. The Balaban J connectivity index is 1.84. The predicted octanol–water partition coefficient (Wildman–Crippen LogP) is 1.23. The molecule has 0 aliphatic carbocycles. The van der Waals surface area contributed by atoms with Crippen molar-refractivity contribution in [1.82, 2.24) is 9.88 Å². The molecule has 86 valence electrons. The highest BCUT2D eigenvalue weighted by Gasteiger charge is 2.21. The largest absolute Gasteiger partial charge is 0.387 e. The van der Waals surface area contributed by atoms with Crippen LogP contribution in [0.5, 0.6) is 0 Å². The van der Waals surface area contributed by atoms with Crippen LogP contribution in [0.1, 0.15) is 18.5 Å². The van der Waals surface area contributed by atoms with E-state index in [0.29, 0.717) is 11.8 Å². The smallest absolute Gasteiger partial charge is 0.0937 e. The number of aromatic nitrogens is 1. The third-order valence-electron chi connectivity index (χ3n) is 3.14. The van der Waals surface area contributed by atoms with Crippen LogP contribution in [-0.4, -0.2) is 28.8 Å². The maximum atomic E-state index is 7.42. The molecule has 0 atom stereocenters. The topological polar surface area (TPSA) is 66.0 Å². The van der Waals surface area contributed by atoms with Crippen molar-refractivity contribution in [1.29, 1.82) is 5.41 Å². The van der Waals surface area contributed by atoms with Crippen LogP contribution in [-0.2, 0) is 6.54 Å². The Labute approximate surface area is 96.0 Å². The van der Waals surface area contributed by atoms with Crippen LogP contribution in [0.2, 0.25) is 0 Å². The van der Waals surface area contributed by atoms with E-state index in [0.717, 1.165) is 38.2 Å². The second-order valence-electron chi connectivity index (χ2n) is 4.33. The summed E-state index contributed by atoms with van der Waals surface area (Å²) in [6.07, 6.45) is 3.84. The standard InChI is InChI=1S/C12H18N4/c13-12(14)10-4-7-16(8-5-10)9-11-3-1-2-6-15-11/h1-3,6,10H,4-5,7-9H2,(H3,13,14). The van der Waals surface area contributed by atoms with Gasteiger partial charge in [0, 0.05) is 18.7 Å². The van der Waals surface area contributed by atoms with Crippen molar-refractivity contribution in [2.75, 3.05) is 13.1 Å². The molecular formula is C12H18N4. The Morgan fingerprint density at radius 2 is 2.19 bits per heavy atom. The normalized spacial score (nSPS) is 18.5. The van der Waals surface area contributed by atoms with E-state index in [1.165, 1.54) is 0 Å². The summed E-state index contributed by atoms with van der Waals surface area (Å²) in [5.41, 5.74) is 6.63. The minimum absolute atomic E-state index is 0.292. The summed E-state index contributed by atoms with van der Waals surface area (Å²) in [6.45, 7) is 2.94. The van der Waals surface area contributed by atoms with E-state index in [-0.39, 0.29) is 0 Å². The van der Waals surface area contributed by atoms with E-state index in [1.54, 1.807) is 0 Å². The van der Waals surface area contributed by atoms with Gasteiger partial charge in [-0.15, -0.1) is 0 Å². The lowest BCUT2D eigenvalue weighted by Crippen LogP contribution is -2.38. The van der Waals surface area contributed by atoms with Gasteiger partial charge >= 0.3 is 0 Å². The molecule has 0 bridgehead atoms. The molecule has 0 spiro atoms. The number of hydrogen-bond acceptors (Lipinski definition) is 3. The molecule has 4 nitrogen and oxygen atoms in total. The zero-order chi connectivity index (χ0) is 11.4. The fourth-order valence-electron chi connectivity index (χ4n) is 2.12. The first-order valence-electron chi connectivity index (χ1n) is 5.72. The summed E-state index contributed by atoms with van der Waals surface area (Å²) in [5.74, 6) is 0.637. The van der Waals surface area contributed by atoms with Crippen molar-refractivity contribution < 1.29 is 0 Å². The SMILES string of the molecule is N=C(N)C1CCN(Cc2ccccn2)CC1. The van der Waals surface area contributed by atoms with Crippen molar-refractivity contribution >= 4 is 5.84 Å². The number of nitrogens with zero attached hydrogens (tertiary/aromatic N) is 2. The summed E-state index contributed by atoms with van der Waals surface area (Å²) < 4.78 is 0. The van der Waals surface area contributed by atoms with E-state index < -0.39 is 0 Å². The average Bonchev–Trinajstić information content (AvgIpc) is 2.31. The molecule has 0 amide bonds. The van der Waals surface area contributed by atoms with Crippen LogP contribution in [0.15, 0.2) is 24.4 Å². The monoisotopic (exact) mass is 218 g/mol. The Morgan fingerprint density at radius 3 is 2.75 bits per heavy atom. The maximum Gasteiger partial charge on any atom is 0.0937 e. The molecule has 1 aromatic heterocycles. The van der Waals surface area contributed by atoms with Crippen molar-refractivity contribution in [2.24, 2.45) is 11.7 Å². The van der Waals surface area contributed by atoms with Gasteiger partial charge in [0.15, 0.2) is 0 Å². The highest BCUT2D eigenvalue weighted by atomic mass is 15.1. The van der Waals surface area contributed by atoms with E-state index >= 15 is 0 Å². The summed E-state index contributed by atoms with van der Waals surface area (Å²) in [7, 11) is 0. The molecule has 0 unspecified atom stereocenters. The molecule has 0 radical (unpaired) electrons. The Kier molecular flexibility index (Phi) is 3.51. The summed E-state index contributed by atoms with van der Waals surface area (Å²) in [6, 6.07) is 6.01. The second kappa shape index (κ2) is 5.07. The van der Waals surface area contributed by atoms with Gasteiger partial charge in [0.25, 0.3) is 0 Å². The Hall–Kier alpha value is -1.42. The second-order valence-corrected chi connectivity index (χ2v) is 4.33. The van der Waals surface area contributed by atoms with E-state index in [1.807, 2.05) is 18.3 Å². The predicted molar refractivity (Wildman–Crippen MR) is 64.2 cm³/mol. The lowest BCUT2D eigenvalue weighted by Gasteiger charge is -2.30. The zero-order valence-corrected chi connectivity index (χ0v) is 9.39. The maximum absolute atomic E-state index is 7.42. The number of likely N-dealkylation sites (tertiary alicyclic amines) is 1. The lowest BCUT2D eigenvalue weighted by atomic mass is 9.96. The number of pyridine rings is 1. The van der Waals surface area contributed by atoms with Gasteiger partial charge in [-0.25, -0.2) is 0 Å². The molecule has 2 rings (SSSR count). The molecule has 1 aromatic rings. The highest BCUT2D eigenvalue weighted by molar-refractivity contribution is 5.79. The summed E-state index contributed by atoms with van der Waals surface area (Å²) >= 11 is 0. The number of hydrogen-bond donors (Lipinski definition) is 2. The molecule has 1 aliphatic heterocycles. The third kappa shape index (κ3) is 2.79. The highest BCUT2D eigenvalue weighted by Crippen LogP contribution is 2.17. The number of nitrogens with one attached hydrogen (secondary N) is 1. The van der Waals surface area contributed by atoms with Crippen LogP contribution in [0.4, 0.5) is 0 Å². The van der Waals surface area contributed by atoms with Gasteiger partial charge in [0.1, 0.15) is 0 Å². The van der Waals surface area contributed by atoms with Crippen molar-refractivity contribution in [3.8, 4) is 0 Å². The summed E-state index contributed by atoms with van der Waals surface area (Å²) in [5, 5.41) is 7.42. The molecule has 1 fully saturated rings.